The predicted octanol–water partition coefficient (Wildman–Crippen LogP) is 3.86. The molecule has 0 aliphatic rings. The Hall–Kier alpha value is -3.91. The number of nitrogens with one attached hydrogen (secondary N) is 1. The third-order valence-electron chi connectivity index (χ3n) is 5.60. The molecule has 8 heteroatoms. The number of ether oxygens (including phenoxy) is 1. The van der Waals surface area contributed by atoms with Gasteiger partial charge in [-0.05, 0) is 49.5 Å². The number of hydrogen-bond donors (Lipinski definition) is 2. The van der Waals surface area contributed by atoms with E-state index in [-0.39, 0.29) is 23.4 Å². The highest BCUT2D eigenvalue weighted by Gasteiger charge is 2.24. The lowest BCUT2D eigenvalue weighted by atomic mass is 10.1. The second-order valence-corrected chi connectivity index (χ2v) is 7.64. The molecular weight excluding hydrogens is 434 g/mol. The zero-order valence-corrected chi connectivity index (χ0v) is 19.4. The number of amides is 1. The number of likely N-dealkylation sites (N-methyl/N-ethyl adjacent to an activating group) is 1. The summed E-state index contributed by atoms with van der Waals surface area (Å²) in [6.45, 7) is 10.8. The summed E-state index contributed by atoms with van der Waals surface area (Å²) in [5.41, 5.74) is 0.510. The van der Waals surface area contributed by atoms with E-state index in [0.29, 0.717) is 29.7 Å². The fourth-order valence-electron chi connectivity index (χ4n) is 3.74. The number of carboxylic acid groups (broad SMARTS) is 1. The molecule has 0 unspecified atom stereocenters. The highest BCUT2D eigenvalue weighted by atomic mass is 16.5. The third-order valence-corrected chi connectivity index (χ3v) is 5.60. The number of carbonyl (C=O) groups is 2. The maximum Gasteiger partial charge on any atom is 0.335 e. The summed E-state index contributed by atoms with van der Waals surface area (Å²) >= 11 is 0. The van der Waals surface area contributed by atoms with Gasteiger partial charge in [0.1, 0.15) is 17.9 Å². The number of allylic oxidation sites excluding steroid dienone is 1. The Morgan fingerprint density at radius 3 is 2.41 bits per heavy atom. The lowest BCUT2D eigenvalue weighted by molar-refractivity contribution is 0.0696. The first-order chi connectivity index (χ1) is 16.4. The molecule has 0 radical (unpaired) electrons. The Kier molecular flexibility index (Phi) is 8.21. The van der Waals surface area contributed by atoms with Crippen molar-refractivity contribution in [3.63, 3.8) is 0 Å². The van der Waals surface area contributed by atoms with Gasteiger partial charge in [-0.25, -0.2) is 4.79 Å². The molecule has 0 fully saturated rings. The number of aromatic nitrogens is 1. The number of fused-ring (bicyclic) bond motifs is 1. The van der Waals surface area contributed by atoms with Gasteiger partial charge in [0.05, 0.1) is 11.1 Å². The van der Waals surface area contributed by atoms with E-state index in [1.807, 2.05) is 24.3 Å². The van der Waals surface area contributed by atoms with E-state index in [9.17, 15) is 14.4 Å². The maximum absolute atomic E-state index is 13.5. The van der Waals surface area contributed by atoms with Gasteiger partial charge in [0.2, 0.25) is 0 Å². The van der Waals surface area contributed by atoms with Crippen LogP contribution >= 0.6 is 0 Å². The SMILES string of the molecule is C=CCn1c(=O)c(C(=O)Nc2ccc(C(=O)O)cc2)c(OCCN(CC)CC)c2ccccc21. The molecule has 0 spiro atoms. The Morgan fingerprint density at radius 2 is 1.79 bits per heavy atom. The van der Waals surface area contributed by atoms with Gasteiger partial charge in [0, 0.05) is 24.2 Å². The van der Waals surface area contributed by atoms with Crippen molar-refractivity contribution in [2.75, 3.05) is 31.6 Å². The summed E-state index contributed by atoms with van der Waals surface area (Å²) in [6.07, 6.45) is 1.60. The van der Waals surface area contributed by atoms with Crippen LogP contribution in [0.4, 0.5) is 5.69 Å². The number of anilines is 1. The number of rotatable bonds is 11. The van der Waals surface area contributed by atoms with E-state index in [2.05, 4.69) is 30.6 Å². The number of carbonyl (C=O) groups excluding carboxylic acids is 1. The zero-order valence-electron chi connectivity index (χ0n) is 19.4. The summed E-state index contributed by atoms with van der Waals surface area (Å²) in [5.74, 6) is -1.47. The molecule has 3 aromatic rings. The van der Waals surface area contributed by atoms with Gasteiger partial charge in [-0.15, -0.1) is 6.58 Å². The average Bonchev–Trinajstić information content (AvgIpc) is 2.84. The van der Waals surface area contributed by atoms with Crippen molar-refractivity contribution < 1.29 is 19.4 Å². The molecule has 1 amide bonds. The molecule has 3 rings (SSSR count). The number of aromatic carboxylic acids is 1. The van der Waals surface area contributed by atoms with Gasteiger partial charge in [-0.2, -0.15) is 0 Å². The standard InChI is InChI=1S/C26H29N3O5/c1-4-15-29-21-10-8-7-9-20(21)23(34-17-16-28(5-2)6-3)22(25(29)31)24(30)27-19-13-11-18(12-14-19)26(32)33/h4,7-14H,1,5-6,15-17H2,2-3H3,(H,27,30)(H,32,33). The molecule has 2 N–H and O–H groups in total. The monoisotopic (exact) mass is 463 g/mol. The first kappa shape index (κ1) is 24.7. The molecule has 0 atom stereocenters. The lowest BCUT2D eigenvalue weighted by Gasteiger charge is -2.21. The fourth-order valence-corrected chi connectivity index (χ4v) is 3.74. The van der Waals surface area contributed by atoms with Crippen LogP contribution in [-0.2, 0) is 6.54 Å². The van der Waals surface area contributed by atoms with Gasteiger partial charge >= 0.3 is 5.97 Å². The normalized spacial score (nSPS) is 10.9. The van der Waals surface area contributed by atoms with Crippen LogP contribution in [0.5, 0.6) is 5.75 Å². The molecule has 0 bridgehead atoms. The fraction of sp³-hybridized carbons (Fsp3) is 0.269. The highest BCUT2D eigenvalue weighted by Crippen LogP contribution is 2.28. The van der Waals surface area contributed by atoms with Crippen LogP contribution < -0.4 is 15.6 Å². The molecule has 0 aliphatic carbocycles. The van der Waals surface area contributed by atoms with Crippen molar-refractivity contribution >= 4 is 28.5 Å². The minimum Gasteiger partial charge on any atom is -0.490 e. The number of para-hydroxylation sites is 1. The van der Waals surface area contributed by atoms with Crippen molar-refractivity contribution in [2.45, 2.75) is 20.4 Å². The largest absolute Gasteiger partial charge is 0.490 e. The number of benzene rings is 2. The molecular formula is C26H29N3O5. The van der Waals surface area contributed by atoms with Crippen LogP contribution in [0.2, 0.25) is 0 Å². The van der Waals surface area contributed by atoms with Gasteiger partial charge in [0.15, 0.2) is 0 Å². The van der Waals surface area contributed by atoms with E-state index < -0.39 is 17.4 Å². The molecule has 0 saturated carbocycles. The quantitative estimate of drug-likeness (QED) is 0.419. The molecule has 1 heterocycles. The van der Waals surface area contributed by atoms with Crippen LogP contribution in [0.1, 0.15) is 34.6 Å². The number of pyridine rings is 1. The van der Waals surface area contributed by atoms with Gasteiger partial charge < -0.3 is 24.6 Å². The second kappa shape index (κ2) is 11.3. The van der Waals surface area contributed by atoms with E-state index in [4.69, 9.17) is 9.84 Å². The molecule has 2 aromatic carbocycles. The summed E-state index contributed by atoms with van der Waals surface area (Å²) in [7, 11) is 0. The molecule has 8 nitrogen and oxygen atoms in total. The topological polar surface area (TPSA) is 101 Å². The lowest BCUT2D eigenvalue weighted by Crippen LogP contribution is -2.32. The Bertz CT molecular complexity index is 1240. The summed E-state index contributed by atoms with van der Waals surface area (Å²) in [5, 5.41) is 12.4. The van der Waals surface area contributed by atoms with Crippen molar-refractivity contribution in [1.29, 1.82) is 0 Å². The van der Waals surface area contributed by atoms with Crippen LogP contribution in [0.15, 0.2) is 66.0 Å². The number of carboxylic acids is 1. The Labute approximate surface area is 198 Å². The summed E-state index contributed by atoms with van der Waals surface area (Å²) < 4.78 is 7.58. The van der Waals surface area contributed by atoms with E-state index in [0.717, 1.165) is 13.1 Å². The van der Waals surface area contributed by atoms with E-state index in [1.54, 1.807) is 6.08 Å². The van der Waals surface area contributed by atoms with Gasteiger partial charge in [0.25, 0.3) is 11.5 Å². The first-order valence-corrected chi connectivity index (χ1v) is 11.2. The highest BCUT2D eigenvalue weighted by molar-refractivity contribution is 6.09. The van der Waals surface area contributed by atoms with Gasteiger partial charge in [-0.1, -0.05) is 32.1 Å². The summed E-state index contributed by atoms with van der Waals surface area (Å²) in [4.78, 5) is 40.1. The maximum atomic E-state index is 13.5. The molecule has 0 aliphatic heterocycles. The third kappa shape index (κ3) is 5.35. The molecule has 1 aromatic heterocycles. The summed E-state index contributed by atoms with van der Waals surface area (Å²) in [6, 6.07) is 13.0. The van der Waals surface area contributed by atoms with Crippen molar-refractivity contribution in [3.05, 3.63) is 82.7 Å². The average molecular weight is 464 g/mol. The van der Waals surface area contributed by atoms with Crippen LogP contribution in [0.3, 0.4) is 0 Å². The van der Waals surface area contributed by atoms with E-state index >= 15 is 0 Å². The van der Waals surface area contributed by atoms with Crippen LogP contribution in [0.25, 0.3) is 10.9 Å². The van der Waals surface area contributed by atoms with Crippen molar-refractivity contribution in [3.8, 4) is 5.75 Å². The predicted molar refractivity (Wildman–Crippen MR) is 133 cm³/mol. The minimum absolute atomic E-state index is 0.0949. The van der Waals surface area contributed by atoms with E-state index in [1.165, 1.54) is 28.8 Å². The minimum atomic E-state index is -1.07. The van der Waals surface area contributed by atoms with Gasteiger partial charge in [-0.3, -0.25) is 9.59 Å². The van der Waals surface area contributed by atoms with Crippen LogP contribution in [-0.4, -0.2) is 52.7 Å². The molecule has 0 saturated heterocycles. The first-order valence-electron chi connectivity index (χ1n) is 11.2. The smallest absolute Gasteiger partial charge is 0.335 e. The second-order valence-electron chi connectivity index (χ2n) is 7.64. The Balaban J connectivity index is 2.07. The number of hydrogen-bond acceptors (Lipinski definition) is 5. The van der Waals surface area contributed by atoms with Crippen LogP contribution in [0, 0.1) is 0 Å². The Morgan fingerprint density at radius 1 is 1.12 bits per heavy atom. The zero-order chi connectivity index (χ0) is 24.7. The molecule has 34 heavy (non-hydrogen) atoms. The number of nitrogens with zero attached hydrogens (tertiary/aromatic N) is 2. The molecule has 178 valence electrons. The van der Waals surface area contributed by atoms with Crippen molar-refractivity contribution in [2.24, 2.45) is 0 Å². The van der Waals surface area contributed by atoms with Crippen molar-refractivity contribution in [1.82, 2.24) is 9.47 Å².